The Hall–Kier alpha value is -2.97. The average Bonchev–Trinajstić information content (AvgIpc) is 2.83. The molecular weight excluding hydrogens is 581 g/mol. The van der Waals surface area contributed by atoms with Crippen LogP contribution in [0.1, 0.15) is 31.7 Å². The second-order valence-corrected chi connectivity index (χ2v) is 10.5. The molecular formula is C23H24BrF3N4O5S. The molecule has 0 bridgehead atoms. The number of nitrogens with zero attached hydrogens (tertiary/aromatic N) is 1. The van der Waals surface area contributed by atoms with Crippen LogP contribution in [0.25, 0.3) is 0 Å². The van der Waals surface area contributed by atoms with E-state index in [0.717, 1.165) is 36.7 Å². The lowest BCUT2D eigenvalue weighted by Crippen LogP contribution is -2.40. The Morgan fingerprint density at radius 1 is 1.30 bits per heavy atom. The molecule has 1 unspecified atom stereocenters. The van der Waals surface area contributed by atoms with Gasteiger partial charge in [0.05, 0.1) is 28.9 Å². The molecule has 1 aliphatic carbocycles. The van der Waals surface area contributed by atoms with Gasteiger partial charge in [-0.1, -0.05) is 0 Å². The number of alkyl halides is 3. The van der Waals surface area contributed by atoms with Crippen molar-refractivity contribution in [2.45, 2.75) is 43.3 Å². The van der Waals surface area contributed by atoms with E-state index in [0.29, 0.717) is 30.5 Å². The van der Waals surface area contributed by atoms with Crippen molar-refractivity contribution in [3.63, 3.8) is 0 Å². The van der Waals surface area contributed by atoms with Crippen LogP contribution in [0.15, 0.2) is 57.2 Å². The first-order valence-electron chi connectivity index (χ1n) is 11.1. The number of hydrogen-bond donors (Lipinski definition) is 3. The normalized spacial score (nSPS) is 16.3. The lowest BCUT2D eigenvalue weighted by molar-refractivity contribution is -0.142. The first kappa shape index (κ1) is 28.6. The lowest BCUT2D eigenvalue weighted by Gasteiger charge is -2.27. The highest BCUT2D eigenvalue weighted by Gasteiger charge is 2.30. The Balaban J connectivity index is 1.74. The summed E-state index contributed by atoms with van der Waals surface area (Å²) in [4.78, 5) is 15.5. The minimum absolute atomic E-state index is 0.0399. The Labute approximate surface area is 220 Å². The highest BCUT2D eigenvalue weighted by atomic mass is 79.9. The van der Waals surface area contributed by atoms with Crippen molar-refractivity contribution in [2.24, 2.45) is 0 Å². The number of esters is 1. The molecule has 0 spiro atoms. The number of carbonyl (C=O) groups excluding carboxylic acids is 1. The minimum Gasteiger partial charge on any atom is -0.465 e. The molecule has 0 saturated carbocycles. The van der Waals surface area contributed by atoms with Crippen molar-refractivity contribution in [3.8, 4) is 11.6 Å². The molecule has 0 radical (unpaired) electrons. The molecule has 2 aromatic rings. The second kappa shape index (κ2) is 12.0. The number of halogens is 4. The van der Waals surface area contributed by atoms with Crippen molar-refractivity contribution >= 4 is 38.1 Å². The number of allylic oxidation sites excluding steroid dienone is 1. The summed E-state index contributed by atoms with van der Waals surface area (Å²) in [5, 5.41) is 10.7. The van der Waals surface area contributed by atoms with E-state index in [9.17, 15) is 26.4 Å². The van der Waals surface area contributed by atoms with E-state index in [1.54, 1.807) is 6.92 Å². The van der Waals surface area contributed by atoms with Crippen LogP contribution in [0.5, 0.6) is 11.6 Å². The molecule has 37 heavy (non-hydrogen) atoms. The maximum Gasteiger partial charge on any atom is 0.416 e. The van der Waals surface area contributed by atoms with Gasteiger partial charge >= 0.3 is 12.1 Å². The third-order valence-electron chi connectivity index (χ3n) is 5.34. The van der Waals surface area contributed by atoms with E-state index < -0.39 is 33.8 Å². The molecule has 1 atom stereocenters. The SMILES string of the molecule is CCOC(=O)CNC1=C(C=N)C(NS(=O)(=O)c2cnc(Oc3ccc(C(F)(F)F)cc3)c(Br)c2)CCC1. The number of pyridine rings is 1. The smallest absolute Gasteiger partial charge is 0.416 e. The molecule has 1 aromatic carbocycles. The third kappa shape index (κ3) is 7.52. The average molecular weight is 605 g/mol. The maximum absolute atomic E-state index is 13.1. The predicted octanol–water partition coefficient (Wildman–Crippen LogP) is 4.54. The molecule has 9 nitrogen and oxygen atoms in total. The first-order valence-corrected chi connectivity index (χ1v) is 13.4. The third-order valence-corrected chi connectivity index (χ3v) is 7.34. The van der Waals surface area contributed by atoms with Crippen molar-refractivity contribution in [3.05, 3.63) is 57.8 Å². The zero-order valence-corrected chi connectivity index (χ0v) is 22.0. The summed E-state index contributed by atoms with van der Waals surface area (Å²) in [5.74, 6) is -0.417. The highest BCUT2D eigenvalue weighted by Crippen LogP contribution is 2.33. The Kier molecular flexibility index (Phi) is 9.31. The summed E-state index contributed by atoms with van der Waals surface area (Å²) < 4.78 is 77.5. The van der Waals surface area contributed by atoms with Crippen LogP contribution >= 0.6 is 15.9 Å². The molecule has 1 aliphatic rings. The summed E-state index contributed by atoms with van der Waals surface area (Å²) in [6.45, 7) is 1.82. The van der Waals surface area contributed by atoms with Gasteiger partial charge in [0.25, 0.3) is 0 Å². The van der Waals surface area contributed by atoms with Gasteiger partial charge in [-0.05, 0) is 72.4 Å². The predicted molar refractivity (Wildman–Crippen MR) is 132 cm³/mol. The van der Waals surface area contributed by atoms with Gasteiger partial charge in [-0.25, -0.2) is 18.1 Å². The van der Waals surface area contributed by atoms with Crippen LogP contribution in [0.2, 0.25) is 0 Å². The Morgan fingerprint density at radius 2 is 2.00 bits per heavy atom. The lowest BCUT2D eigenvalue weighted by atomic mass is 9.92. The molecule has 0 saturated heterocycles. The van der Waals surface area contributed by atoms with Crippen LogP contribution in [0.4, 0.5) is 13.2 Å². The van der Waals surface area contributed by atoms with E-state index in [1.807, 2.05) is 0 Å². The number of sulfonamides is 1. The number of aromatic nitrogens is 1. The van der Waals surface area contributed by atoms with Gasteiger partial charge < -0.3 is 20.2 Å². The molecule has 0 aliphatic heterocycles. The topological polar surface area (TPSA) is 130 Å². The van der Waals surface area contributed by atoms with Gasteiger partial charge in [0.2, 0.25) is 15.9 Å². The van der Waals surface area contributed by atoms with Crippen molar-refractivity contribution in [1.82, 2.24) is 15.0 Å². The Bertz CT molecular complexity index is 1280. The largest absolute Gasteiger partial charge is 0.465 e. The highest BCUT2D eigenvalue weighted by molar-refractivity contribution is 9.10. The number of benzene rings is 1. The van der Waals surface area contributed by atoms with E-state index in [2.05, 4.69) is 31.0 Å². The Morgan fingerprint density at radius 3 is 2.59 bits per heavy atom. The number of rotatable bonds is 10. The fourth-order valence-corrected chi connectivity index (χ4v) is 5.39. The molecule has 3 rings (SSSR count). The molecule has 14 heteroatoms. The first-order chi connectivity index (χ1) is 17.4. The molecule has 1 aromatic heterocycles. The van der Waals surface area contributed by atoms with Crippen LogP contribution in [0, 0.1) is 5.41 Å². The summed E-state index contributed by atoms with van der Waals surface area (Å²) in [6.07, 6.45) is -0.761. The number of nitrogens with one attached hydrogen (secondary N) is 3. The number of carbonyl (C=O) groups is 1. The molecule has 3 N–H and O–H groups in total. The summed E-state index contributed by atoms with van der Waals surface area (Å²) >= 11 is 3.19. The van der Waals surface area contributed by atoms with E-state index in [-0.39, 0.29) is 34.1 Å². The second-order valence-electron chi connectivity index (χ2n) is 7.89. The van der Waals surface area contributed by atoms with Gasteiger partial charge in [0, 0.05) is 17.5 Å². The number of hydrogen-bond acceptors (Lipinski definition) is 8. The molecule has 1 heterocycles. The van der Waals surface area contributed by atoms with Gasteiger partial charge in [-0.3, -0.25) is 4.79 Å². The van der Waals surface area contributed by atoms with Crippen LogP contribution < -0.4 is 14.8 Å². The standard InChI is InChI=1S/C23H24BrF3N4O5S/c1-2-35-21(32)13-29-19-4-3-5-20(17(19)11-28)31-37(33,34)16-10-18(24)22(30-12-16)36-15-8-6-14(7-9-15)23(25,26)27/h6-12,20,28-29,31H,2-5,13H2,1H3. The maximum atomic E-state index is 13.1. The molecule has 0 amide bonds. The summed E-state index contributed by atoms with van der Waals surface area (Å²) in [7, 11) is -4.08. The van der Waals surface area contributed by atoms with Gasteiger partial charge in [0.1, 0.15) is 17.2 Å². The molecule has 0 fully saturated rings. The number of ether oxygens (including phenoxy) is 2. The van der Waals surface area contributed by atoms with Gasteiger partial charge in [-0.2, -0.15) is 13.2 Å². The summed E-state index contributed by atoms with van der Waals surface area (Å²) in [5.41, 5.74) is 0.162. The van der Waals surface area contributed by atoms with E-state index in [1.165, 1.54) is 6.07 Å². The van der Waals surface area contributed by atoms with Crippen LogP contribution in [-0.2, 0) is 25.7 Å². The minimum atomic E-state index is -4.48. The monoisotopic (exact) mass is 604 g/mol. The van der Waals surface area contributed by atoms with Crippen LogP contribution in [0.3, 0.4) is 0 Å². The van der Waals surface area contributed by atoms with Gasteiger partial charge in [-0.15, -0.1) is 0 Å². The fourth-order valence-electron chi connectivity index (χ4n) is 3.59. The van der Waals surface area contributed by atoms with Crippen molar-refractivity contribution in [1.29, 1.82) is 5.41 Å². The fraction of sp³-hybridized carbons (Fsp3) is 0.348. The van der Waals surface area contributed by atoms with Crippen LogP contribution in [-0.4, -0.2) is 44.8 Å². The van der Waals surface area contributed by atoms with E-state index >= 15 is 0 Å². The zero-order valence-electron chi connectivity index (χ0n) is 19.6. The summed E-state index contributed by atoms with van der Waals surface area (Å²) in [6, 6.07) is 4.53. The zero-order chi connectivity index (χ0) is 27.2. The molecule has 200 valence electrons. The van der Waals surface area contributed by atoms with E-state index in [4.69, 9.17) is 14.9 Å². The van der Waals surface area contributed by atoms with Gasteiger partial charge in [0.15, 0.2) is 0 Å². The van der Waals surface area contributed by atoms with Crippen molar-refractivity contribution in [2.75, 3.05) is 13.2 Å². The quantitative estimate of drug-likeness (QED) is 0.268. The van der Waals surface area contributed by atoms with Crippen molar-refractivity contribution < 1.29 is 35.9 Å².